The van der Waals surface area contributed by atoms with Gasteiger partial charge in [-0.15, -0.1) is 0 Å². The van der Waals surface area contributed by atoms with Crippen molar-refractivity contribution in [2.75, 3.05) is 13.2 Å². The predicted octanol–water partition coefficient (Wildman–Crippen LogP) is 5.72. The van der Waals surface area contributed by atoms with Crippen LogP contribution in [0.4, 0.5) is 0 Å². The van der Waals surface area contributed by atoms with Gasteiger partial charge in [0.1, 0.15) is 0 Å². The second-order valence-corrected chi connectivity index (χ2v) is 9.63. The van der Waals surface area contributed by atoms with E-state index in [1.165, 1.54) is 89.5 Å². The summed E-state index contributed by atoms with van der Waals surface area (Å²) in [6.07, 6.45) is 28.1. The number of hydrogen-bond donors (Lipinski definition) is 4. The van der Waals surface area contributed by atoms with E-state index in [2.05, 4.69) is 22.8 Å². The molecule has 0 aliphatic rings. The maximum absolute atomic E-state index is 11.6. The number of carbonyl (C=O) groups is 1. The zero-order valence-corrected chi connectivity index (χ0v) is 21.3. The molecule has 33 heavy (non-hydrogen) atoms. The van der Waals surface area contributed by atoms with E-state index in [9.17, 15) is 14.5 Å². The lowest BCUT2D eigenvalue weighted by molar-refractivity contribution is -0.117. The Labute approximate surface area is 200 Å². The summed E-state index contributed by atoms with van der Waals surface area (Å²) in [6, 6.07) is 0. The fraction of sp³-hybridized carbons (Fsp3) is 0.720. The van der Waals surface area contributed by atoms with Gasteiger partial charge in [-0.25, -0.2) is 4.57 Å². The van der Waals surface area contributed by atoms with Gasteiger partial charge in [0.25, 0.3) is 0 Å². The highest BCUT2D eigenvalue weighted by Gasteiger charge is 2.16. The molecule has 0 aromatic heterocycles. The molecule has 1 atom stereocenters. The normalized spacial score (nSPS) is 13.5. The molecule has 1 amide bonds. The molecule has 0 radical (unpaired) electrons. The third-order valence-corrected chi connectivity index (χ3v) is 5.62. The molecule has 0 heterocycles. The van der Waals surface area contributed by atoms with Gasteiger partial charge in [0.2, 0.25) is 5.91 Å². The number of hydrogen-bond acceptors (Lipinski definition) is 4. The molecule has 0 aromatic carbocycles. The molecule has 0 bridgehead atoms. The van der Waals surface area contributed by atoms with Crippen molar-refractivity contribution < 1.29 is 28.8 Å². The largest absolute Gasteiger partial charge is 0.469 e. The van der Waals surface area contributed by atoms with Gasteiger partial charge in [-0.3, -0.25) is 9.32 Å². The van der Waals surface area contributed by atoms with Gasteiger partial charge in [-0.05, 0) is 12.8 Å². The van der Waals surface area contributed by atoms with E-state index in [1.54, 1.807) is 12.2 Å². The third kappa shape index (κ3) is 26.9. The van der Waals surface area contributed by atoms with Crippen LogP contribution in [0.5, 0.6) is 0 Å². The minimum Gasteiger partial charge on any atom is -0.389 e. The maximum Gasteiger partial charge on any atom is 0.469 e. The number of rotatable bonds is 22. The van der Waals surface area contributed by atoms with Crippen molar-refractivity contribution in [1.29, 1.82) is 0 Å². The smallest absolute Gasteiger partial charge is 0.389 e. The van der Waals surface area contributed by atoms with E-state index < -0.39 is 26.4 Å². The van der Waals surface area contributed by atoms with Gasteiger partial charge in [0.05, 0.1) is 12.7 Å². The number of aliphatic hydroxyl groups excluding tert-OH is 1. The first-order valence-corrected chi connectivity index (χ1v) is 14.0. The van der Waals surface area contributed by atoms with Gasteiger partial charge in [0, 0.05) is 12.6 Å². The molecule has 7 nitrogen and oxygen atoms in total. The summed E-state index contributed by atoms with van der Waals surface area (Å²) in [5, 5.41) is 11.9. The molecular weight excluding hydrogens is 441 g/mol. The summed E-state index contributed by atoms with van der Waals surface area (Å²) < 4.78 is 14.7. The number of phosphoric acid groups is 1. The number of aliphatic hydroxyl groups is 1. The van der Waals surface area contributed by atoms with Crippen molar-refractivity contribution in [2.45, 2.75) is 103 Å². The fourth-order valence-corrected chi connectivity index (χ4v) is 3.61. The lowest BCUT2D eigenvalue weighted by Gasteiger charge is -2.11. The molecule has 0 saturated carbocycles. The molecule has 0 spiro atoms. The zero-order chi connectivity index (χ0) is 24.6. The second kappa shape index (κ2) is 22.5. The first-order chi connectivity index (χ1) is 15.8. The van der Waals surface area contributed by atoms with Crippen molar-refractivity contribution in [3.63, 3.8) is 0 Å². The Kier molecular flexibility index (Phi) is 21.7. The van der Waals surface area contributed by atoms with Gasteiger partial charge >= 0.3 is 7.82 Å². The molecule has 0 rings (SSSR count). The van der Waals surface area contributed by atoms with Gasteiger partial charge in [-0.2, -0.15) is 0 Å². The Morgan fingerprint density at radius 3 is 1.91 bits per heavy atom. The topological polar surface area (TPSA) is 116 Å². The van der Waals surface area contributed by atoms with Crippen LogP contribution in [0.25, 0.3) is 0 Å². The fourth-order valence-electron chi connectivity index (χ4n) is 3.25. The highest BCUT2D eigenvalue weighted by Crippen LogP contribution is 2.35. The number of amides is 1. The third-order valence-electron chi connectivity index (χ3n) is 5.14. The van der Waals surface area contributed by atoms with Gasteiger partial charge < -0.3 is 20.2 Å². The van der Waals surface area contributed by atoms with Crippen LogP contribution in [0.3, 0.4) is 0 Å². The predicted molar refractivity (Wildman–Crippen MR) is 135 cm³/mol. The Morgan fingerprint density at radius 2 is 1.36 bits per heavy atom. The van der Waals surface area contributed by atoms with Crippen molar-refractivity contribution >= 4 is 13.7 Å². The Morgan fingerprint density at radius 1 is 0.848 bits per heavy atom. The number of nitrogens with one attached hydrogen (secondary N) is 1. The quantitative estimate of drug-likeness (QED) is 0.0671. The Balaban J connectivity index is 3.52. The van der Waals surface area contributed by atoms with E-state index >= 15 is 0 Å². The van der Waals surface area contributed by atoms with Crippen LogP contribution in [0.2, 0.25) is 0 Å². The molecule has 0 fully saturated rings. The van der Waals surface area contributed by atoms with Crippen molar-refractivity contribution in [1.82, 2.24) is 5.32 Å². The number of phosphoric ester groups is 1. The van der Waals surface area contributed by atoms with Crippen LogP contribution in [0, 0.1) is 0 Å². The number of allylic oxidation sites excluding steroid dienone is 5. The van der Waals surface area contributed by atoms with Crippen LogP contribution >= 0.6 is 7.82 Å². The van der Waals surface area contributed by atoms with E-state index in [1.807, 2.05) is 12.2 Å². The summed E-state index contributed by atoms with van der Waals surface area (Å²) in [7, 11) is -4.62. The Bertz CT molecular complexity index is 600. The van der Waals surface area contributed by atoms with E-state index in [4.69, 9.17) is 9.79 Å². The van der Waals surface area contributed by atoms with Crippen LogP contribution in [-0.4, -0.2) is 40.1 Å². The molecule has 192 valence electrons. The van der Waals surface area contributed by atoms with Gasteiger partial charge in [0.15, 0.2) is 0 Å². The monoisotopic (exact) mass is 487 g/mol. The van der Waals surface area contributed by atoms with Crippen molar-refractivity contribution in [3.8, 4) is 0 Å². The summed E-state index contributed by atoms with van der Waals surface area (Å²) in [5.74, 6) is -0.411. The average Bonchev–Trinajstić information content (AvgIpc) is 2.77. The molecule has 1 unspecified atom stereocenters. The number of carbonyl (C=O) groups excluding carboxylic acids is 1. The van der Waals surface area contributed by atoms with Crippen molar-refractivity contribution in [2.24, 2.45) is 0 Å². The van der Waals surface area contributed by atoms with Crippen LogP contribution in [0.15, 0.2) is 36.5 Å². The lowest BCUT2D eigenvalue weighted by atomic mass is 10.0. The summed E-state index contributed by atoms with van der Waals surface area (Å²) >= 11 is 0. The Hall–Kier alpha value is -1.24. The lowest BCUT2D eigenvalue weighted by Crippen LogP contribution is -2.33. The van der Waals surface area contributed by atoms with E-state index in [0.29, 0.717) is 0 Å². The minimum atomic E-state index is -4.62. The van der Waals surface area contributed by atoms with Gasteiger partial charge in [-0.1, -0.05) is 114 Å². The summed E-state index contributed by atoms with van der Waals surface area (Å²) in [6.45, 7) is 1.54. The average molecular weight is 488 g/mol. The van der Waals surface area contributed by atoms with Crippen LogP contribution in [0.1, 0.15) is 96.8 Å². The first kappa shape index (κ1) is 31.8. The van der Waals surface area contributed by atoms with Crippen LogP contribution < -0.4 is 5.32 Å². The minimum absolute atomic E-state index is 0.161. The molecular formula is C25H46NO6P. The molecule has 8 heteroatoms. The number of unbranched alkanes of at least 4 members (excludes halogenated alkanes) is 13. The molecule has 0 saturated heterocycles. The highest BCUT2D eigenvalue weighted by atomic mass is 31.2. The molecule has 0 aromatic rings. The molecule has 4 N–H and O–H groups in total. The SMILES string of the molecule is CCCCCCCCCCCCCCCC=CC=CC=CC(=O)NCC(O)COP(=O)(O)O. The summed E-state index contributed by atoms with van der Waals surface area (Å²) in [4.78, 5) is 28.6. The molecule has 0 aliphatic heterocycles. The van der Waals surface area contributed by atoms with Crippen LogP contribution in [-0.2, 0) is 13.9 Å². The second-order valence-electron chi connectivity index (χ2n) is 8.39. The van der Waals surface area contributed by atoms with Crippen molar-refractivity contribution in [3.05, 3.63) is 36.5 Å². The molecule has 0 aliphatic carbocycles. The first-order valence-electron chi connectivity index (χ1n) is 12.5. The maximum atomic E-state index is 11.6. The standard InChI is InChI=1S/C25H46NO6P/c1-2-3-4-5-6-7-8-9-10-11-12-13-14-15-16-17-18-19-20-21-25(28)26-22-24(27)23-32-33(29,30)31/h16-21,24,27H,2-15,22-23H2,1H3,(H,26,28)(H2,29,30,31). The van der Waals surface area contributed by atoms with E-state index in [0.717, 1.165) is 6.42 Å². The van der Waals surface area contributed by atoms with E-state index in [-0.39, 0.29) is 6.54 Å². The zero-order valence-electron chi connectivity index (χ0n) is 20.4. The summed E-state index contributed by atoms with van der Waals surface area (Å²) in [5.41, 5.74) is 0. The highest BCUT2D eigenvalue weighted by molar-refractivity contribution is 7.46.